The second-order valence-corrected chi connectivity index (χ2v) is 9.53. The molecule has 2 unspecified atom stereocenters. The number of carbonyl (C=O) groups excluding carboxylic acids is 1. The first kappa shape index (κ1) is 25.8. The maximum absolute atomic E-state index is 9.97. The van der Waals surface area contributed by atoms with Gasteiger partial charge in [-0.05, 0) is 44.4 Å². The molecule has 3 aromatic rings. The van der Waals surface area contributed by atoms with Gasteiger partial charge < -0.3 is 24.1 Å². The normalized spacial score (nSPS) is 16.7. The maximum Gasteiger partial charge on any atom is 0.133 e. The van der Waals surface area contributed by atoms with Crippen molar-refractivity contribution in [2.45, 2.75) is 45.1 Å². The molecule has 0 aliphatic carbocycles. The zero-order valence-corrected chi connectivity index (χ0v) is 21.9. The lowest BCUT2D eigenvalue weighted by Gasteiger charge is -2.33. The molecule has 3 aromatic carbocycles. The molecule has 5 nitrogen and oxygen atoms in total. The van der Waals surface area contributed by atoms with Gasteiger partial charge in [0.25, 0.3) is 0 Å². The zero-order chi connectivity index (χ0) is 25.5. The summed E-state index contributed by atoms with van der Waals surface area (Å²) in [5.41, 5.74) is 5.95. The van der Waals surface area contributed by atoms with Crippen LogP contribution in [0.2, 0.25) is 0 Å². The zero-order valence-electron chi connectivity index (χ0n) is 21.9. The number of hydrogen-bond donors (Lipinski definition) is 0. The third-order valence-electron chi connectivity index (χ3n) is 7.27. The number of anilines is 2. The van der Waals surface area contributed by atoms with Gasteiger partial charge >= 0.3 is 0 Å². The van der Waals surface area contributed by atoms with E-state index in [0.717, 1.165) is 43.0 Å². The van der Waals surface area contributed by atoms with E-state index in [1.54, 1.807) is 7.11 Å². The van der Waals surface area contributed by atoms with Crippen LogP contribution in [0.5, 0.6) is 11.5 Å². The molecule has 2 aliphatic heterocycles. The lowest BCUT2D eigenvalue weighted by atomic mass is 9.84. The molecule has 36 heavy (non-hydrogen) atoms. The fourth-order valence-electron chi connectivity index (χ4n) is 4.97. The van der Waals surface area contributed by atoms with Crippen molar-refractivity contribution in [2.75, 3.05) is 43.6 Å². The molecule has 0 N–H and O–H groups in total. The molecule has 2 aliphatic rings. The fraction of sp³-hybridized carbons (Fsp3) is 0.387. The van der Waals surface area contributed by atoms with Gasteiger partial charge in [-0.15, -0.1) is 0 Å². The molecule has 0 saturated carbocycles. The number of rotatable bonds is 7. The summed E-state index contributed by atoms with van der Waals surface area (Å²) in [5, 5.41) is 0. The summed E-state index contributed by atoms with van der Waals surface area (Å²) in [6.45, 7) is 7.54. The molecular formula is C31H38N2O3. The molecule has 5 rings (SSSR count). The van der Waals surface area contributed by atoms with E-state index in [2.05, 4.69) is 67.1 Å². The van der Waals surface area contributed by atoms with Gasteiger partial charge in [0.05, 0.1) is 6.10 Å². The van der Waals surface area contributed by atoms with Crippen LogP contribution in [-0.4, -0.2) is 46.2 Å². The number of ether oxygens (including phenoxy) is 2. The highest BCUT2D eigenvalue weighted by Crippen LogP contribution is 2.48. The van der Waals surface area contributed by atoms with E-state index < -0.39 is 0 Å². The Kier molecular flexibility index (Phi) is 8.65. The second-order valence-electron chi connectivity index (χ2n) is 9.53. The monoisotopic (exact) mass is 486 g/mol. The van der Waals surface area contributed by atoms with Crippen molar-refractivity contribution in [3.05, 3.63) is 83.4 Å². The number of fused-ring (bicyclic) bond motifs is 2. The Morgan fingerprint density at radius 3 is 2.33 bits per heavy atom. The second kappa shape index (κ2) is 12.1. The predicted molar refractivity (Wildman–Crippen MR) is 148 cm³/mol. The first-order valence-electron chi connectivity index (χ1n) is 13.0. The van der Waals surface area contributed by atoms with Gasteiger partial charge in [0.15, 0.2) is 0 Å². The predicted octanol–water partition coefficient (Wildman–Crippen LogP) is 6.44. The Hall–Kier alpha value is -3.31. The van der Waals surface area contributed by atoms with Crippen LogP contribution in [-0.2, 0) is 16.0 Å². The molecule has 0 amide bonds. The summed E-state index contributed by atoms with van der Waals surface area (Å²) in [6, 6.07) is 22.9. The van der Waals surface area contributed by atoms with Crippen molar-refractivity contribution in [3.63, 3.8) is 0 Å². The number of nitrogens with zero attached hydrogens (tertiary/aromatic N) is 2. The number of carbonyl (C=O) groups is 1. The maximum atomic E-state index is 9.97. The highest BCUT2D eigenvalue weighted by Gasteiger charge is 2.32. The van der Waals surface area contributed by atoms with E-state index in [1.807, 2.05) is 30.3 Å². The lowest BCUT2D eigenvalue weighted by Crippen LogP contribution is -2.24. The minimum Gasteiger partial charge on any atom is -0.457 e. The standard InChI is InChI=1S/C23H30N2O2.C8H8O/c1-5-24(3)17-8-10-19-21(14-17)27-22-15-18(25-12-6-7-13-25)9-11-20(22)23(19)16(2)26-4;9-7-6-8-4-2-1-3-5-8/h8-11,14-16,23H,5-7,12-13H2,1-4H3;1-5,7H,6H2. The molecule has 0 bridgehead atoms. The first-order valence-corrected chi connectivity index (χ1v) is 13.0. The van der Waals surface area contributed by atoms with Crippen LogP contribution in [0.1, 0.15) is 49.3 Å². The van der Waals surface area contributed by atoms with E-state index >= 15 is 0 Å². The van der Waals surface area contributed by atoms with Gasteiger partial charge in [-0.3, -0.25) is 0 Å². The third-order valence-corrected chi connectivity index (χ3v) is 7.27. The van der Waals surface area contributed by atoms with Gasteiger partial charge in [0.1, 0.15) is 17.8 Å². The van der Waals surface area contributed by atoms with Crippen LogP contribution in [0.25, 0.3) is 0 Å². The van der Waals surface area contributed by atoms with Crippen LogP contribution in [0.4, 0.5) is 11.4 Å². The SMILES string of the molecule is CCN(C)c1ccc2c(c1)Oc1cc(N3CCCC3)ccc1C2C(C)OC.O=CCc1ccccc1. The smallest absolute Gasteiger partial charge is 0.133 e. The number of aldehydes is 1. The Morgan fingerprint density at radius 1 is 1.03 bits per heavy atom. The number of hydrogen-bond acceptors (Lipinski definition) is 5. The average molecular weight is 487 g/mol. The van der Waals surface area contributed by atoms with E-state index in [1.165, 1.54) is 35.3 Å². The molecule has 0 spiro atoms. The molecule has 5 heteroatoms. The third kappa shape index (κ3) is 5.73. The highest BCUT2D eigenvalue weighted by atomic mass is 16.5. The van der Waals surface area contributed by atoms with Crippen LogP contribution in [0.15, 0.2) is 66.7 Å². The van der Waals surface area contributed by atoms with E-state index in [-0.39, 0.29) is 12.0 Å². The molecular weight excluding hydrogens is 448 g/mol. The minimum absolute atomic E-state index is 0.0822. The van der Waals surface area contributed by atoms with Crippen LogP contribution < -0.4 is 14.5 Å². The van der Waals surface area contributed by atoms with Crippen molar-refractivity contribution < 1.29 is 14.3 Å². The van der Waals surface area contributed by atoms with Crippen LogP contribution in [0, 0.1) is 0 Å². The molecule has 2 atom stereocenters. The molecule has 190 valence electrons. The number of benzene rings is 3. The van der Waals surface area contributed by atoms with E-state index in [4.69, 9.17) is 9.47 Å². The van der Waals surface area contributed by atoms with Gasteiger partial charge in [-0.1, -0.05) is 42.5 Å². The van der Waals surface area contributed by atoms with Gasteiger partial charge in [-0.25, -0.2) is 0 Å². The van der Waals surface area contributed by atoms with E-state index in [0.29, 0.717) is 6.42 Å². The van der Waals surface area contributed by atoms with Crippen molar-refractivity contribution in [2.24, 2.45) is 0 Å². The molecule has 1 saturated heterocycles. The van der Waals surface area contributed by atoms with Crippen molar-refractivity contribution in [3.8, 4) is 11.5 Å². The minimum atomic E-state index is 0.0822. The topological polar surface area (TPSA) is 42.0 Å². The van der Waals surface area contributed by atoms with Crippen LogP contribution >= 0.6 is 0 Å². The summed E-state index contributed by atoms with van der Waals surface area (Å²) in [5.74, 6) is 2.10. The highest BCUT2D eigenvalue weighted by molar-refractivity contribution is 5.64. The summed E-state index contributed by atoms with van der Waals surface area (Å²) < 4.78 is 12.2. The van der Waals surface area contributed by atoms with Crippen LogP contribution in [0.3, 0.4) is 0 Å². The summed E-state index contributed by atoms with van der Waals surface area (Å²) in [4.78, 5) is 14.7. The molecule has 0 aromatic heterocycles. The van der Waals surface area contributed by atoms with Gasteiger partial charge in [-0.2, -0.15) is 0 Å². The quantitative estimate of drug-likeness (QED) is 0.359. The Morgan fingerprint density at radius 2 is 1.69 bits per heavy atom. The first-order chi connectivity index (χ1) is 17.5. The van der Waals surface area contributed by atoms with Crippen molar-refractivity contribution in [1.82, 2.24) is 0 Å². The largest absolute Gasteiger partial charge is 0.457 e. The molecule has 2 heterocycles. The van der Waals surface area contributed by atoms with Crippen molar-refractivity contribution in [1.29, 1.82) is 0 Å². The summed E-state index contributed by atoms with van der Waals surface area (Å²) in [7, 11) is 3.90. The fourth-order valence-corrected chi connectivity index (χ4v) is 4.97. The number of methoxy groups -OCH3 is 1. The lowest BCUT2D eigenvalue weighted by molar-refractivity contribution is -0.107. The van der Waals surface area contributed by atoms with Crippen molar-refractivity contribution >= 4 is 17.7 Å². The summed E-state index contributed by atoms with van der Waals surface area (Å²) in [6.07, 6.45) is 4.07. The Bertz CT molecular complexity index is 1140. The van der Waals surface area contributed by atoms with E-state index in [9.17, 15) is 4.79 Å². The molecule has 1 fully saturated rings. The van der Waals surface area contributed by atoms with Gasteiger partial charge in [0.2, 0.25) is 0 Å². The van der Waals surface area contributed by atoms with Gasteiger partial charge in [0, 0.05) is 80.8 Å². The molecule has 0 radical (unpaired) electrons. The Balaban J connectivity index is 0.000000286. The Labute approximate surface area is 215 Å². The average Bonchev–Trinajstić information content (AvgIpc) is 3.46. The summed E-state index contributed by atoms with van der Waals surface area (Å²) >= 11 is 0.